The van der Waals surface area contributed by atoms with Crippen molar-refractivity contribution in [3.63, 3.8) is 0 Å². The van der Waals surface area contributed by atoms with Gasteiger partial charge in [-0.25, -0.2) is 0 Å². The molecule has 0 unspecified atom stereocenters. The minimum Gasteiger partial charge on any atom is -0.491 e. The topological polar surface area (TPSA) is 29.5 Å². The largest absolute Gasteiger partial charge is 0.491 e. The van der Waals surface area contributed by atoms with E-state index < -0.39 is 0 Å². The number of hydrogen-bond acceptors (Lipinski definition) is 2. The highest BCUT2D eigenvalue weighted by Crippen LogP contribution is 2.21. The van der Waals surface area contributed by atoms with Crippen LogP contribution >= 0.6 is 0 Å². The maximum atomic E-state index is 8.87. The normalized spacial score (nSPS) is 10.9. The molecule has 1 aromatic carbocycles. The quantitative estimate of drug-likeness (QED) is 0.407. The third-order valence-corrected chi connectivity index (χ3v) is 4.37. The maximum absolute atomic E-state index is 8.87. The molecule has 23 heavy (non-hydrogen) atoms. The molecule has 1 aromatic rings. The molecular formula is C21H36O2. The summed E-state index contributed by atoms with van der Waals surface area (Å²) in [5.41, 5.74) is 1.27. The van der Waals surface area contributed by atoms with E-state index in [1.165, 1.54) is 76.2 Å². The number of aliphatic hydroxyl groups excluding tert-OH is 1. The van der Waals surface area contributed by atoms with Gasteiger partial charge in [-0.05, 0) is 24.5 Å². The number of hydrogen-bond donors (Lipinski definition) is 1. The second-order valence-electron chi connectivity index (χ2n) is 6.47. The van der Waals surface area contributed by atoms with E-state index in [9.17, 15) is 0 Å². The Morgan fingerprint density at radius 3 is 1.96 bits per heavy atom. The van der Waals surface area contributed by atoms with E-state index >= 15 is 0 Å². The summed E-state index contributed by atoms with van der Waals surface area (Å²) in [6.07, 6.45) is 16.2. The van der Waals surface area contributed by atoms with Gasteiger partial charge in [0.2, 0.25) is 0 Å². The standard InChI is InChI=1S/C21H36O2/c1-2-3-4-5-6-7-8-9-10-11-12-15-20-16-13-14-17-21(20)23-19-18-22/h13-14,16-17,22H,2-12,15,18-19H2,1H3. The van der Waals surface area contributed by atoms with Crippen LogP contribution in [0.15, 0.2) is 24.3 Å². The van der Waals surface area contributed by atoms with E-state index in [1.807, 2.05) is 12.1 Å². The van der Waals surface area contributed by atoms with Crippen LogP contribution in [0.5, 0.6) is 5.75 Å². The maximum Gasteiger partial charge on any atom is 0.122 e. The molecule has 0 spiro atoms. The zero-order chi connectivity index (χ0) is 16.6. The molecule has 2 nitrogen and oxygen atoms in total. The number of aryl methyl sites for hydroxylation is 1. The monoisotopic (exact) mass is 320 g/mol. The second-order valence-corrected chi connectivity index (χ2v) is 6.47. The van der Waals surface area contributed by atoms with Crippen LogP contribution in [0.2, 0.25) is 0 Å². The lowest BCUT2D eigenvalue weighted by molar-refractivity contribution is 0.200. The molecule has 0 aliphatic carbocycles. The lowest BCUT2D eigenvalue weighted by Gasteiger charge is -2.10. The average Bonchev–Trinajstić information content (AvgIpc) is 2.58. The molecule has 0 aliphatic rings. The van der Waals surface area contributed by atoms with Crippen molar-refractivity contribution in [2.75, 3.05) is 13.2 Å². The van der Waals surface area contributed by atoms with Crippen molar-refractivity contribution in [2.45, 2.75) is 84.0 Å². The van der Waals surface area contributed by atoms with Crippen LogP contribution in [0.3, 0.4) is 0 Å². The van der Waals surface area contributed by atoms with Crippen LogP contribution in [-0.4, -0.2) is 18.3 Å². The Hall–Kier alpha value is -1.02. The number of aliphatic hydroxyl groups is 1. The first-order valence-corrected chi connectivity index (χ1v) is 9.70. The minimum atomic E-state index is 0.0762. The third kappa shape index (κ3) is 10.4. The molecule has 0 aromatic heterocycles. The van der Waals surface area contributed by atoms with Crippen molar-refractivity contribution >= 4 is 0 Å². The Labute approximate surface area is 143 Å². The number of ether oxygens (including phenoxy) is 1. The fourth-order valence-electron chi connectivity index (χ4n) is 2.99. The SMILES string of the molecule is CCCCCCCCCCCCCc1ccccc1OCCO. The van der Waals surface area contributed by atoms with E-state index in [2.05, 4.69) is 19.1 Å². The van der Waals surface area contributed by atoms with Gasteiger partial charge in [0.05, 0.1) is 6.61 Å². The highest BCUT2D eigenvalue weighted by Gasteiger charge is 2.02. The number of rotatable bonds is 15. The fraction of sp³-hybridized carbons (Fsp3) is 0.714. The summed E-state index contributed by atoms with van der Waals surface area (Å²) in [5.74, 6) is 0.939. The molecule has 0 aliphatic heterocycles. The predicted octanol–water partition coefficient (Wildman–Crippen LogP) is 5.91. The van der Waals surface area contributed by atoms with Crippen molar-refractivity contribution < 1.29 is 9.84 Å². The Kier molecular flexibility index (Phi) is 12.7. The summed E-state index contributed by atoms with van der Waals surface area (Å²) in [4.78, 5) is 0. The average molecular weight is 321 g/mol. The van der Waals surface area contributed by atoms with Gasteiger partial charge in [0.25, 0.3) is 0 Å². The van der Waals surface area contributed by atoms with Crippen molar-refractivity contribution in [1.82, 2.24) is 0 Å². The lowest BCUT2D eigenvalue weighted by Crippen LogP contribution is -2.03. The first kappa shape index (κ1) is 20.0. The zero-order valence-electron chi connectivity index (χ0n) is 15.1. The highest BCUT2D eigenvalue weighted by molar-refractivity contribution is 5.33. The van der Waals surface area contributed by atoms with E-state index in [1.54, 1.807) is 0 Å². The summed E-state index contributed by atoms with van der Waals surface area (Å²) >= 11 is 0. The van der Waals surface area contributed by atoms with Gasteiger partial charge in [0.1, 0.15) is 12.4 Å². The van der Waals surface area contributed by atoms with Crippen molar-refractivity contribution in [2.24, 2.45) is 0 Å². The first-order valence-electron chi connectivity index (χ1n) is 9.70. The molecule has 0 fully saturated rings. The van der Waals surface area contributed by atoms with E-state index in [-0.39, 0.29) is 6.61 Å². The van der Waals surface area contributed by atoms with E-state index in [0.29, 0.717) is 6.61 Å². The van der Waals surface area contributed by atoms with Crippen LogP contribution in [0.1, 0.15) is 83.1 Å². The predicted molar refractivity (Wildman–Crippen MR) is 99.2 cm³/mol. The highest BCUT2D eigenvalue weighted by atomic mass is 16.5. The van der Waals surface area contributed by atoms with Gasteiger partial charge in [-0.1, -0.05) is 89.3 Å². The van der Waals surface area contributed by atoms with Crippen molar-refractivity contribution in [1.29, 1.82) is 0 Å². The molecule has 0 amide bonds. The van der Waals surface area contributed by atoms with Crippen LogP contribution in [0, 0.1) is 0 Å². The van der Waals surface area contributed by atoms with Gasteiger partial charge in [0.15, 0.2) is 0 Å². The minimum absolute atomic E-state index is 0.0762. The van der Waals surface area contributed by atoms with E-state index in [4.69, 9.17) is 9.84 Å². The number of benzene rings is 1. The Balaban J connectivity index is 2.00. The molecule has 0 saturated carbocycles. The third-order valence-electron chi connectivity index (χ3n) is 4.37. The summed E-state index contributed by atoms with van der Waals surface area (Å²) in [7, 11) is 0. The molecular weight excluding hydrogens is 284 g/mol. The molecule has 1 N–H and O–H groups in total. The van der Waals surface area contributed by atoms with Gasteiger partial charge < -0.3 is 9.84 Å². The van der Waals surface area contributed by atoms with Crippen molar-refractivity contribution in [3.05, 3.63) is 29.8 Å². The zero-order valence-corrected chi connectivity index (χ0v) is 15.1. The molecule has 0 heterocycles. The van der Waals surface area contributed by atoms with Gasteiger partial charge in [-0.15, -0.1) is 0 Å². The van der Waals surface area contributed by atoms with E-state index in [0.717, 1.165) is 12.2 Å². The molecule has 0 saturated heterocycles. The van der Waals surface area contributed by atoms with Gasteiger partial charge in [0, 0.05) is 0 Å². The summed E-state index contributed by atoms with van der Waals surface area (Å²) in [6.45, 7) is 2.74. The molecule has 132 valence electrons. The number of para-hydroxylation sites is 1. The lowest BCUT2D eigenvalue weighted by atomic mass is 10.0. The molecule has 1 rings (SSSR count). The summed E-state index contributed by atoms with van der Waals surface area (Å²) in [6, 6.07) is 8.21. The van der Waals surface area contributed by atoms with Crippen LogP contribution in [0.4, 0.5) is 0 Å². The van der Waals surface area contributed by atoms with Gasteiger partial charge in [-0.2, -0.15) is 0 Å². The summed E-state index contributed by atoms with van der Waals surface area (Å²) in [5, 5.41) is 8.87. The van der Waals surface area contributed by atoms with Crippen LogP contribution in [0.25, 0.3) is 0 Å². The first-order chi connectivity index (χ1) is 11.4. The smallest absolute Gasteiger partial charge is 0.122 e. The Bertz CT molecular complexity index is 376. The molecule has 0 atom stereocenters. The van der Waals surface area contributed by atoms with Gasteiger partial charge >= 0.3 is 0 Å². The van der Waals surface area contributed by atoms with Crippen molar-refractivity contribution in [3.8, 4) is 5.75 Å². The number of unbranched alkanes of at least 4 members (excludes halogenated alkanes) is 10. The van der Waals surface area contributed by atoms with Crippen LogP contribution < -0.4 is 4.74 Å². The second kappa shape index (κ2) is 14.6. The molecule has 2 heteroatoms. The van der Waals surface area contributed by atoms with Gasteiger partial charge in [-0.3, -0.25) is 0 Å². The Morgan fingerprint density at radius 1 is 0.783 bits per heavy atom. The van der Waals surface area contributed by atoms with Crippen LogP contribution in [-0.2, 0) is 6.42 Å². The molecule has 0 radical (unpaired) electrons. The fourth-order valence-corrected chi connectivity index (χ4v) is 2.99. The Morgan fingerprint density at radius 2 is 1.35 bits per heavy atom. The molecule has 0 bridgehead atoms. The summed E-state index contributed by atoms with van der Waals surface area (Å²) < 4.78 is 5.59.